The number of thiocarbonyl (C=S) groups is 1. The van der Waals surface area contributed by atoms with Crippen LogP contribution in [-0.4, -0.2) is 43.0 Å². The number of hydrogen-bond acceptors (Lipinski definition) is 7. The summed E-state index contributed by atoms with van der Waals surface area (Å²) in [7, 11) is 0. The van der Waals surface area contributed by atoms with E-state index in [1.165, 1.54) is 17.8 Å². The van der Waals surface area contributed by atoms with Gasteiger partial charge in [0.25, 0.3) is 5.91 Å². The van der Waals surface area contributed by atoms with Crippen LogP contribution >= 0.6 is 24.0 Å². The van der Waals surface area contributed by atoms with Gasteiger partial charge in [0.2, 0.25) is 0 Å². The SMILES string of the molecule is CCCCCN1C(=O)C(=Cc2cn(-c3ccccc3)nc2-c2ccc(OCC)c([N+](=O)[O-])c2)SC1=S. The summed E-state index contributed by atoms with van der Waals surface area (Å²) in [5.74, 6) is 0.0698. The second-order valence-corrected chi connectivity index (χ2v) is 9.80. The van der Waals surface area contributed by atoms with Crippen LogP contribution in [0.3, 0.4) is 0 Å². The Morgan fingerprint density at radius 3 is 2.64 bits per heavy atom. The Balaban J connectivity index is 1.78. The van der Waals surface area contributed by atoms with Crippen molar-refractivity contribution >= 4 is 46.0 Å². The molecule has 4 rings (SSSR count). The normalized spacial score (nSPS) is 14.6. The first kappa shape index (κ1) is 25.6. The van der Waals surface area contributed by atoms with Crippen LogP contribution in [0.2, 0.25) is 0 Å². The number of hydrogen-bond donors (Lipinski definition) is 0. The number of amides is 1. The molecule has 1 fully saturated rings. The molecule has 186 valence electrons. The molecule has 0 spiro atoms. The topological polar surface area (TPSA) is 90.5 Å². The lowest BCUT2D eigenvalue weighted by Gasteiger charge is -2.13. The Kier molecular flexibility index (Phi) is 8.17. The highest BCUT2D eigenvalue weighted by Gasteiger charge is 2.32. The Morgan fingerprint density at radius 2 is 1.94 bits per heavy atom. The molecule has 10 heteroatoms. The van der Waals surface area contributed by atoms with E-state index in [1.807, 2.05) is 36.5 Å². The van der Waals surface area contributed by atoms with Crippen LogP contribution in [0.25, 0.3) is 23.0 Å². The quantitative estimate of drug-likeness (QED) is 0.102. The van der Waals surface area contributed by atoms with Crippen LogP contribution in [0.15, 0.2) is 59.6 Å². The number of para-hydroxylation sites is 1. The Hall–Kier alpha value is -3.50. The van der Waals surface area contributed by atoms with Crippen LogP contribution in [0.5, 0.6) is 5.75 Å². The van der Waals surface area contributed by atoms with Crippen LogP contribution < -0.4 is 4.74 Å². The summed E-state index contributed by atoms with van der Waals surface area (Å²) >= 11 is 6.74. The minimum Gasteiger partial charge on any atom is -0.487 e. The summed E-state index contributed by atoms with van der Waals surface area (Å²) in [5.41, 5.74) is 2.40. The van der Waals surface area contributed by atoms with Crippen molar-refractivity contribution in [2.24, 2.45) is 0 Å². The van der Waals surface area contributed by atoms with Gasteiger partial charge in [-0.3, -0.25) is 19.8 Å². The largest absolute Gasteiger partial charge is 0.487 e. The summed E-state index contributed by atoms with van der Waals surface area (Å²) in [6.07, 6.45) is 6.56. The summed E-state index contributed by atoms with van der Waals surface area (Å²) in [4.78, 5) is 26.5. The average molecular weight is 523 g/mol. The number of thioether (sulfide) groups is 1. The van der Waals surface area contributed by atoms with Gasteiger partial charge in [0.1, 0.15) is 10.0 Å². The summed E-state index contributed by atoms with van der Waals surface area (Å²) in [5, 5.41) is 16.4. The number of benzene rings is 2. The summed E-state index contributed by atoms with van der Waals surface area (Å²) in [6, 6.07) is 14.3. The van der Waals surface area contributed by atoms with E-state index in [2.05, 4.69) is 6.92 Å². The van der Waals surface area contributed by atoms with Gasteiger partial charge in [-0.1, -0.05) is 61.9 Å². The van der Waals surface area contributed by atoms with Crippen LogP contribution in [-0.2, 0) is 4.79 Å². The smallest absolute Gasteiger partial charge is 0.311 e. The van der Waals surface area contributed by atoms with Gasteiger partial charge >= 0.3 is 5.69 Å². The standard InChI is InChI=1S/C26H26N4O4S2/c1-3-5-9-14-28-25(31)23(36-26(28)35)16-19-17-29(20-10-7-6-8-11-20)27-24(19)18-12-13-22(34-4-2)21(15-18)30(32)33/h6-8,10-13,15-17H,3-5,9,14H2,1-2H3. The molecule has 0 unspecified atom stereocenters. The average Bonchev–Trinajstić information content (AvgIpc) is 3.41. The Morgan fingerprint density at radius 1 is 1.17 bits per heavy atom. The summed E-state index contributed by atoms with van der Waals surface area (Å²) < 4.78 is 7.67. The fraction of sp³-hybridized carbons (Fsp3) is 0.269. The predicted octanol–water partition coefficient (Wildman–Crippen LogP) is 6.24. The molecule has 1 aliphatic rings. The first-order valence-corrected chi connectivity index (χ1v) is 13.0. The molecule has 1 saturated heterocycles. The molecule has 0 aliphatic carbocycles. The van der Waals surface area contributed by atoms with E-state index in [9.17, 15) is 14.9 Å². The van der Waals surface area contributed by atoms with Gasteiger partial charge in [-0.2, -0.15) is 5.10 Å². The molecule has 0 N–H and O–H groups in total. The van der Waals surface area contributed by atoms with Gasteiger partial charge < -0.3 is 4.74 Å². The molecule has 2 aromatic carbocycles. The molecule has 0 atom stereocenters. The maximum Gasteiger partial charge on any atom is 0.311 e. The van der Waals surface area contributed by atoms with E-state index >= 15 is 0 Å². The minimum atomic E-state index is -0.468. The number of nitro benzene ring substituents is 1. The predicted molar refractivity (Wildman–Crippen MR) is 146 cm³/mol. The van der Waals surface area contributed by atoms with Crippen LogP contribution in [0.4, 0.5) is 5.69 Å². The van der Waals surface area contributed by atoms with E-state index in [0.29, 0.717) is 39.2 Å². The molecular formula is C26H26N4O4S2. The van der Waals surface area contributed by atoms with Crippen molar-refractivity contribution in [1.29, 1.82) is 0 Å². The maximum atomic E-state index is 13.1. The molecule has 1 aromatic heterocycles. The van der Waals surface area contributed by atoms with Gasteiger partial charge in [-0.25, -0.2) is 4.68 Å². The number of carbonyl (C=O) groups excluding carboxylic acids is 1. The van der Waals surface area contributed by atoms with Crippen LogP contribution in [0, 0.1) is 10.1 Å². The molecular weight excluding hydrogens is 496 g/mol. The van der Waals surface area contributed by atoms with Gasteiger partial charge in [0.05, 0.1) is 22.1 Å². The number of ether oxygens (including phenoxy) is 1. The third-order valence-electron chi connectivity index (χ3n) is 5.64. The fourth-order valence-electron chi connectivity index (χ4n) is 3.87. The number of unbranched alkanes of at least 4 members (excludes halogenated alkanes) is 2. The molecule has 8 nitrogen and oxygen atoms in total. The maximum absolute atomic E-state index is 13.1. The van der Waals surface area contributed by atoms with Gasteiger partial charge in [-0.05, 0) is 43.7 Å². The molecule has 0 radical (unpaired) electrons. The minimum absolute atomic E-state index is 0.128. The van der Waals surface area contributed by atoms with Gasteiger partial charge in [0, 0.05) is 29.9 Å². The van der Waals surface area contributed by atoms with Crippen molar-refractivity contribution in [1.82, 2.24) is 14.7 Å². The van der Waals surface area contributed by atoms with Crippen molar-refractivity contribution in [3.05, 3.63) is 75.3 Å². The molecule has 36 heavy (non-hydrogen) atoms. The lowest BCUT2D eigenvalue weighted by molar-refractivity contribution is -0.385. The lowest BCUT2D eigenvalue weighted by atomic mass is 10.1. The second kappa shape index (κ2) is 11.5. The summed E-state index contributed by atoms with van der Waals surface area (Å²) in [6.45, 7) is 4.79. The molecule has 1 aliphatic heterocycles. The fourth-order valence-corrected chi connectivity index (χ4v) is 5.17. The van der Waals surface area contributed by atoms with Crippen molar-refractivity contribution in [2.45, 2.75) is 33.1 Å². The molecule has 0 saturated carbocycles. The van der Waals surface area contributed by atoms with E-state index in [0.717, 1.165) is 24.9 Å². The number of rotatable bonds is 10. The monoisotopic (exact) mass is 522 g/mol. The highest BCUT2D eigenvalue weighted by Crippen LogP contribution is 2.37. The van der Waals surface area contributed by atoms with Crippen LogP contribution in [0.1, 0.15) is 38.7 Å². The van der Waals surface area contributed by atoms with Crippen molar-refractivity contribution in [3.8, 4) is 22.7 Å². The molecule has 0 bridgehead atoms. The van der Waals surface area contributed by atoms with E-state index in [-0.39, 0.29) is 17.3 Å². The third kappa shape index (κ3) is 5.50. The zero-order chi connectivity index (χ0) is 25.7. The highest BCUT2D eigenvalue weighted by molar-refractivity contribution is 8.26. The highest BCUT2D eigenvalue weighted by atomic mass is 32.2. The molecule has 1 amide bonds. The number of nitro groups is 1. The third-order valence-corrected chi connectivity index (χ3v) is 7.02. The van der Waals surface area contributed by atoms with Gasteiger partial charge in [-0.15, -0.1) is 0 Å². The van der Waals surface area contributed by atoms with E-state index in [4.69, 9.17) is 22.1 Å². The zero-order valence-electron chi connectivity index (χ0n) is 20.0. The van der Waals surface area contributed by atoms with Crippen molar-refractivity contribution < 1.29 is 14.5 Å². The second-order valence-electron chi connectivity index (χ2n) is 8.13. The molecule has 2 heterocycles. The Labute approximate surface area is 219 Å². The number of aromatic nitrogens is 2. The number of carbonyl (C=O) groups is 1. The lowest BCUT2D eigenvalue weighted by Crippen LogP contribution is -2.28. The zero-order valence-corrected chi connectivity index (χ0v) is 21.7. The van der Waals surface area contributed by atoms with Gasteiger partial charge in [0.15, 0.2) is 5.75 Å². The van der Waals surface area contributed by atoms with E-state index in [1.54, 1.807) is 34.7 Å². The first-order valence-electron chi connectivity index (χ1n) is 11.7. The van der Waals surface area contributed by atoms with Crippen molar-refractivity contribution in [2.75, 3.05) is 13.2 Å². The van der Waals surface area contributed by atoms with E-state index < -0.39 is 4.92 Å². The molecule has 3 aromatic rings. The van der Waals surface area contributed by atoms with Crippen molar-refractivity contribution in [3.63, 3.8) is 0 Å². The first-order chi connectivity index (χ1) is 17.4. The Bertz CT molecular complexity index is 1320. The number of nitrogens with zero attached hydrogens (tertiary/aromatic N) is 4.